The third kappa shape index (κ3) is 5.68. The van der Waals surface area contributed by atoms with E-state index in [0.29, 0.717) is 39.3 Å². The van der Waals surface area contributed by atoms with Gasteiger partial charge in [-0.2, -0.15) is 23.4 Å². The molecule has 210 valence electrons. The van der Waals surface area contributed by atoms with Crippen molar-refractivity contribution in [2.45, 2.75) is 31.2 Å². The van der Waals surface area contributed by atoms with E-state index >= 15 is 0 Å². The molecule has 14 heteroatoms. The molecule has 0 fully saturated rings. The SMILES string of the molecule is COc1ccc([C@H]2C[C@H](C(F)(F)F)n3nc(C(=O)Nc4cnn(Cc5ccc(Cl)cc5Cl)c4)cc3N2)cc1OC. The number of ether oxygens (including phenoxy) is 2. The number of nitrogens with zero attached hydrogens (tertiary/aromatic N) is 4. The molecule has 0 saturated carbocycles. The number of benzene rings is 2. The lowest BCUT2D eigenvalue weighted by Gasteiger charge is -2.33. The molecule has 2 atom stereocenters. The van der Waals surface area contributed by atoms with Crippen LogP contribution in [-0.2, 0) is 6.54 Å². The molecule has 1 aliphatic heterocycles. The molecule has 5 rings (SSSR count). The normalized spacial score (nSPS) is 16.7. The Balaban J connectivity index is 1.35. The summed E-state index contributed by atoms with van der Waals surface area (Å²) in [6.45, 7) is 0.319. The molecule has 2 aromatic heterocycles. The second kappa shape index (κ2) is 10.9. The summed E-state index contributed by atoms with van der Waals surface area (Å²) in [5.41, 5.74) is 1.49. The number of rotatable bonds is 7. The number of nitrogens with one attached hydrogen (secondary N) is 2. The van der Waals surface area contributed by atoms with Gasteiger partial charge < -0.3 is 20.1 Å². The monoisotopic (exact) mass is 594 g/mol. The predicted octanol–water partition coefficient (Wildman–Crippen LogP) is 6.36. The topological polar surface area (TPSA) is 95.2 Å². The lowest BCUT2D eigenvalue weighted by Crippen LogP contribution is -2.35. The third-order valence-electron chi connectivity index (χ3n) is 6.47. The van der Waals surface area contributed by atoms with Crippen LogP contribution in [0.3, 0.4) is 0 Å². The van der Waals surface area contributed by atoms with Gasteiger partial charge in [0.05, 0.1) is 38.7 Å². The first kappa shape index (κ1) is 27.7. The molecule has 3 heterocycles. The van der Waals surface area contributed by atoms with Crippen LogP contribution in [0, 0.1) is 0 Å². The van der Waals surface area contributed by atoms with Crippen LogP contribution in [0.15, 0.2) is 54.9 Å². The number of alkyl halides is 3. The van der Waals surface area contributed by atoms with E-state index in [1.165, 1.54) is 26.5 Å². The lowest BCUT2D eigenvalue weighted by atomic mass is 9.96. The first-order valence-electron chi connectivity index (χ1n) is 12.0. The van der Waals surface area contributed by atoms with Crippen molar-refractivity contribution < 1.29 is 27.4 Å². The lowest BCUT2D eigenvalue weighted by molar-refractivity contribution is -0.173. The Morgan fingerprint density at radius 1 is 1.12 bits per heavy atom. The van der Waals surface area contributed by atoms with E-state index < -0.39 is 24.2 Å². The number of aromatic nitrogens is 4. The third-order valence-corrected chi connectivity index (χ3v) is 7.06. The number of carbonyl (C=O) groups is 1. The van der Waals surface area contributed by atoms with Gasteiger partial charge >= 0.3 is 6.18 Å². The number of anilines is 2. The van der Waals surface area contributed by atoms with E-state index in [0.717, 1.165) is 10.2 Å². The molecule has 0 radical (unpaired) electrons. The largest absolute Gasteiger partial charge is 0.493 e. The van der Waals surface area contributed by atoms with Gasteiger partial charge in [0.25, 0.3) is 5.91 Å². The Hall–Kier alpha value is -3.90. The fraction of sp³-hybridized carbons (Fsp3) is 0.269. The van der Waals surface area contributed by atoms with Gasteiger partial charge in [0.2, 0.25) is 0 Å². The van der Waals surface area contributed by atoms with Crippen molar-refractivity contribution in [2.24, 2.45) is 0 Å². The minimum Gasteiger partial charge on any atom is -0.493 e. The van der Waals surface area contributed by atoms with Gasteiger partial charge in [0.1, 0.15) is 5.82 Å². The molecule has 4 aromatic rings. The zero-order valence-electron chi connectivity index (χ0n) is 21.2. The maximum Gasteiger partial charge on any atom is 0.410 e. The number of amides is 1. The highest BCUT2D eigenvalue weighted by molar-refractivity contribution is 6.35. The Labute approximate surface area is 236 Å². The van der Waals surface area contributed by atoms with Gasteiger partial charge in [-0.05, 0) is 35.4 Å². The van der Waals surface area contributed by atoms with Gasteiger partial charge in [-0.1, -0.05) is 35.3 Å². The summed E-state index contributed by atoms with van der Waals surface area (Å²) in [5, 5.41) is 14.9. The summed E-state index contributed by atoms with van der Waals surface area (Å²) in [7, 11) is 2.92. The Morgan fingerprint density at radius 3 is 2.60 bits per heavy atom. The van der Waals surface area contributed by atoms with E-state index in [-0.39, 0.29) is 17.9 Å². The molecule has 0 saturated heterocycles. The van der Waals surface area contributed by atoms with Gasteiger partial charge in [-0.15, -0.1) is 0 Å². The first-order valence-corrected chi connectivity index (χ1v) is 12.7. The molecule has 1 amide bonds. The second-order valence-electron chi connectivity index (χ2n) is 9.08. The van der Waals surface area contributed by atoms with Crippen LogP contribution >= 0.6 is 23.2 Å². The molecule has 2 N–H and O–H groups in total. The predicted molar refractivity (Wildman–Crippen MR) is 144 cm³/mol. The molecular formula is C26H23Cl2F3N6O3. The highest BCUT2D eigenvalue weighted by Crippen LogP contribution is 2.44. The summed E-state index contributed by atoms with van der Waals surface area (Å²) >= 11 is 12.2. The molecule has 0 bridgehead atoms. The van der Waals surface area contributed by atoms with Crippen LogP contribution in [0.2, 0.25) is 10.0 Å². The van der Waals surface area contributed by atoms with Gasteiger partial charge in [0, 0.05) is 28.7 Å². The maximum atomic E-state index is 14.1. The van der Waals surface area contributed by atoms with Crippen LogP contribution in [0.25, 0.3) is 0 Å². The van der Waals surface area contributed by atoms with Crippen molar-refractivity contribution in [3.05, 3.63) is 81.7 Å². The number of methoxy groups -OCH3 is 2. The average molecular weight is 595 g/mol. The van der Waals surface area contributed by atoms with E-state index in [1.54, 1.807) is 47.3 Å². The smallest absolute Gasteiger partial charge is 0.410 e. The second-order valence-corrected chi connectivity index (χ2v) is 9.92. The summed E-state index contributed by atoms with van der Waals surface area (Å²) < 4.78 is 55.2. The Kier molecular flexibility index (Phi) is 7.56. The van der Waals surface area contributed by atoms with Crippen molar-refractivity contribution in [2.75, 3.05) is 24.9 Å². The van der Waals surface area contributed by atoms with Crippen LogP contribution in [0.4, 0.5) is 24.7 Å². The number of hydrogen-bond donors (Lipinski definition) is 2. The molecule has 1 aliphatic rings. The Morgan fingerprint density at radius 2 is 1.90 bits per heavy atom. The Bertz CT molecular complexity index is 1550. The maximum absolute atomic E-state index is 14.1. The number of fused-ring (bicyclic) bond motifs is 1. The summed E-state index contributed by atoms with van der Waals surface area (Å²) in [4.78, 5) is 13.0. The van der Waals surface area contributed by atoms with E-state index in [4.69, 9.17) is 32.7 Å². The number of carbonyl (C=O) groups excluding carboxylic acids is 1. The van der Waals surface area contributed by atoms with Crippen molar-refractivity contribution in [1.29, 1.82) is 0 Å². The van der Waals surface area contributed by atoms with Gasteiger partial charge in [0.15, 0.2) is 23.2 Å². The summed E-state index contributed by atoms with van der Waals surface area (Å²) in [5.74, 6) is 0.226. The molecular weight excluding hydrogens is 572 g/mol. The van der Waals surface area contributed by atoms with Crippen LogP contribution in [-0.4, -0.2) is 45.9 Å². The van der Waals surface area contributed by atoms with E-state index in [9.17, 15) is 18.0 Å². The van der Waals surface area contributed by atoms with Gasteiger partial charge in [-0.25, -0.2) is 4.68 Å². The average Bonchev–Trinajstić information content (AvgIpc) is 3.55. The fourth-order valence-corrected chi connectivity index (χ4v) is 4.98. The summed E-state index contributed by atoms with van der Waals surface area (Å²) in [6.07, 6.45) is -1.95. The van der Waals surface area contributed by atoms with Crippen LogP contribution in [0.5, 0.6) is 11.5 Å². The highest BCUT2D eigenvalue weighted by atomic mass is 35.5. The molecule has 0 spiro atoms. The number of halogens is 5. The van der Waals surface area contributed by atoms with Crippen molar-refractivity contribution >= 4 is 40.6 Å². The molecule has 0 aliphatic carbocycles. The van der Waals surface area contributed by atoms with Crippen LogP contribution < -0.4 is 20.1 Å². The van der Waals surface area contributed by atoms with Gasteiger partial charge in [-0.3, -0.25) is 9.48 Å². The molecule has 0 unspecified atom stereocenters. The minimum absolute atomic E-state index is 0.0617. The molecule has 9 nitrogen and oxygen atoms in total. The quantitative estimate of drug-likeness (QED) is 0.258. The summed E-state index contributed by atoms with van der Waals surface area (Å²) in [6, 6.07) is 8.62. The van der Waals surface area contributed by atoms with Crippen molar-refractivity contribution in [3.8, 4) is 11.5 Å². The molecule has 40 heavy (non-hydrogen) atoms. The number of hydrogen-bond acceptors (Lipinski definition) is 6. The highest BCUT2D eigenvalue weighted by Gasteiger charge is 2.47. The zero-order chi connectivity index (χ0) is 28.6. The fourth-order valence-electron chi connectivity index (χ4n) is 4.51. The van der Waals surface area contributed by atoms with Crippen molar-refractivity contribution in [3.63, 3.8) is 0 Å². The van der Waals surface area contributed by atoms with E-state index in [1.807, 2.05) is 0 Å². The zero-order valence-corrected chi connectivity index (χ0v) is 22.7. The van der Waals surface area contributed by atoms with E-state index in [2.05, 4.69) is 20.8 Å². The molecule has 2 aromatic carbocycles. The van der Waals surface area contributed by atoms with Crippen LogP contribution in [0.1, 0.15) is 40.1 Å². The minimum atomic E-state index is -4.60. The van der Waals surface area contributed by atoms with Crippen molar-refractivity contribution in [1.82, 2.24) is 19.6 Å². The standard InChI is InChI=1S/C26H23Cl2F3N6O3/c1-39-21-6-4-14(7-22(21)40-2)19-9-23(26(29,30)31)37-24(34-19)10-20(35-37)25(38)33-17-11-32-36(13-17)12-15-3-5-16(27)8-18(15)28/h3-8,10-11,13,19,23,34H,9,12H2,1-2H3,(H,33,38)/t19-,23-/m1/s1. The first-order chi connectivity index (χ1) is 19.0.